The molecule has 1 N–H and O–H groups in total. The molecular formula is C21H25N3. The Labute approximate surface area is 144 Å². The molecule has 3 nitrogen and oxygen atoms in total. The Balaban J connectivity index is 1.86. The van der Waals surface area contributed by atoms with E-state index < -0.39 is 0 Å². The van der Waals surface area contributed by atoms with E-state index in [0.29, 0.717) is 0 Å². The van der Waals surface area contributed by atoms with Gasteiger partial charge in [0.2, 0.25) is 0 Å². The number of nitrogens with zero attached hydrogens (tertiary/aromatic N) is 2. The number of H-pyrrole nitrogens is 1. The highest BCUT2D eigenvalue weighted by Gasteiger charge is 2.05. The molecule has 0 atom stereocenters. The molecule has 2 aromatic carbocycles. The van der Waals surface area contributed by atoms with Gasteiger partial charge in [0.25, 0.3) is 0 Å². The van der Waals surface area contributed by atoms with Gasteiger partial charge in [-0.2, -0.15) is 0 Å². The molecule has 124 valence electrons. The van der Waals surface area contributed by atoms with E-state index in [1.54, 1.807) is 0 Å². The second kappa shape index (κ2) is 6.91. The summed E-state index contributed by atoms with van der Waals surface area (Å²) in [5.74, 6) is 0.934. The van der Waals surface area contributed by atoms with Crippen LogP contribution in [-0.4, -0.2) is 23.1 Å². The number of benzene rings is 2. The second-order valence-corrected chi connectivity index (χ2v) is 6.20. The van der Waals surface area contributed by atoms with Crippen LogP contribution >= 0.6 is 0 Å². The fraction of sp³-hybridized carbons (Fsp3) is 0.286. The number of aromatic nitrogens is 2. The third-order valence-electron chi connectivity index (χ3n) is 4.42. The minimum atomic E-state index is 0.934. The van der Waals surface area contributed by atoms with Gasteiger partial charge in [-0.25, -0.2) is 4.98 Å². The molecule has 0 aliphatic heterocycles. The van der Waals surface area contributed by atoms with Gasteiger partial charge in [0.1, 0.15) is 5.82 Å². The maximum absolute atomic E-state index is 4.69. The topological polar surface area (TPSA) is 31.9 Å². The van der Waals surface area contributed by atoms with E-state index in [1.165, 1.54) is 16.8 Å². The van der Waals surface area contributed by atoms with Crippen molar-refractivity contribution in [1.29, 1.82) is 0 Å². The molecule has 0 aliphatic carbocycles. The van der Waals surface area contributed by atoms with Crippen LogP contribution in [0.2, 0.25) is 0 Å². The summed E-state index contributed by atoms with van der Waals surface area (Å²) in [5, 5.41) is 0. The van der Waals surface area contributed by atoms with E-state index in [4.69, 9.17) is 4.98 Å². The fourth-order valence-corrected chi connectivity index (χ4v) is 3.00. The summed E-state index contributed by atoms with van der Waals surface area (Å²) in [5.41, 5.74) is 6.95. The first kappa shape index (κ1) is 16.3. The first-order chi connectivity index (χ1) is 11.6. The number of aromatic amines is 1. The number of rotatable bonds is 5. The highest BCUT2D eigenvalue weighted by molar-refractivity contribution is 5.84. The Hall–Kier alpha value is -2.55. The zero-order chi connectivity index (χ0) is 17.1. The molecule has 0 unspecified atom stereocenters. The predicted molar refractivity (Wildman–Crippen MR) is 104 cm³/mol. The van der Waals surface area contributed by atoms with Crippen LogP contribution in [0.25, 0.3) is 22.7 Å². The van der Waals surface area contributed by atoms with E-state index >= 15 is 0 Å². The molecule has 0 spiro atoms. The molecule has 0 fully saturated rings. The second-order valence-electron chi connectivity index (χ2n) is 6.20. The smallest absolute Gasteiger partial charge is 0.134 e. The lowest BCUT2D eigenvalue weighted by molar-refractivity contribution is 0.866. The number of hydrogen-bond donors (Lipinski definition) is 1. The Morgan fingerprint density at radius 2 is 1.79 bits per heavy atom. The summed E-state index contributed by atoms with van der Waals surface area (Å²) in [6, 6.07) is 15.0. The van der Waals surface area contributed by atoms with Gasteiger partial charge < -0.3 is 9.88 Å². The molecule has 1 aromatic heterocycles. The van der Waals surface area contributed by atoms with Gasteiger partial charge in [0.05, 0.1) is 11.0 Å². The highest BCUT2D eigenvalue weighted by Crippen LogP contribution is 2.21. The first-order valence-electron chi connectivity index (χ1n) is 8.60. The summed E-state index contributed by atoms with van der Waals surface area (Å²) in [6.07, 6.45) is 2.18. The van der Waals surface area contributed by atoms with Gasteiger partial charge in [-0.05, 0) is 74.7 Å². The summed E-state index contributed by atoms with van der Waals surface area (Å²) in [6.45, 7) is 10.6. The zero-order valence-electron chi connectivity index (χ0n) is 14.9. The molecule has 0 bridgehead atoms. The third-order valence-corrected chi connectivity index (χ3v) is 4.42. The van der Waals surface area contributed by atoms with Crippen LogP contribution < -0.4 is 4.90 Å². The summed E-state index contributed by atoms with van der Waals surface area (Å²) in [7, 11) is 0. The number of anilines is 1. The molecule has 0 saturated carbocycles. The van der Waals surface area contributed by atoms with Gasteiger partial charge >= 0.3 is 0 Å². The molecule has 1 heterocycles. The van der Waals surface area contributed by atoms with Crippen molar-refractivity contribution < 1.29 is 0 Å². The molecule has 0 saturated heterocycles. The number of imidazole rings is 1. The molecule has 3 aromatic rings. The lowest BCUT2D eigenvalue weighted by Crippen LogP contribution is -2.21. The maximum atomic E-state index is 4.69. The summed E-state index contributed by atoms with van der Waals surface area (Å²) < 4.78 is 0. The Morgan fingerprint density at radius 3 is 2.46 bits per heavy atom. The lowest BCUT2D eigenvalue weighted by atomic mass is 10.1. The van der Waals surface area contributed by atoms with Crippen molar-refractivity contribution in [2.24, 2.45) is 0 Å². The van der Waals surface area contributed by atoms with Gasteiger partial charge in [-0.1, -0.05) is 18.2 Å². The van der Waals surface area contributed by atoms with Gasteiger partial charge in [0.15, 0.2) is 0 Å². The standard InChI is InChI=1S/C21H25N3/c1-5-24(6-2)18-10-8-17(9-11-18)14-16(4)21-22-19-12-7-15(3)13-20(19)23-21/h7-14H,5-6H2,1-4H3,(H,22,23)/b16-14+. The monoisotopic (exact) mass is 319 g/mol. The van der Waals surface area contributed by atoms with Gasteiger partial charge in [-0.3, -0.25) is 0 Å². The van der Waals surface area contributed by atoms with Crippen LogP contribution in [0.5, 0.6) is 0 Å². The van der Waals surface area contributed by atoms with Crippen LogP contribution in [-0.2, 0) is 0 Å². The SMILES string of the molecule is CCN(CC)c1ccc(/C=C(\C)c2nc3ccc(C)cc3[nH]2)cc1. The van der Waals surface area contributed by atoms with Crippen molar-refractivity contribution >= 4 is 28.4 Å². The van der Waals surface area contributed by atoms with Crippen LogP contribution in [0.3, 0.4) is 0 Å². The first-order valence-corrected chi connectivity index (χ1v) is 8.60. The van der Waals surface area contributed by atoms with E-state index in [-0.39, 0.29) is 0 Å². The van der Waals surface area contributed by atoms with Crippen molar-refractivity contribution in [3.63, 3.8) is 0 Å². The average Bonchev–Trinajstić information content (AvgIpc) is 3.00. The lowest BCUT2D eigenvalue weighted by Gasteiger charge is -2.20. The number of nitrogens with one attached hydrogen (secondary N) is 1. The highest BCUT2D eigenvalue weighted by atomic mass is 15.1. The molecule has 0 radical (unpaired) electrons. The number of aryl methyl sites for hydroxylation is 1. The van der Waals surface area contributed by atoms with Gasteiger partial charge in [0, 0.05) is 18.8 Å². The summed E-state index contributed by atoms with van der Waals surface area (Å²) >= 11 is 0. The van der Waals surface area contributed by atoms with Gasteiger partial charge in [-0.15, -0.1) is 0 Å². The van der Waals surface area contributed by atoms with Crippen LogP contribution in [0.15, 0.2) is 42.5 Å². The van der Waals surface area contributed by atoms with Crippen LogP contribution in [0.1, 0.15) is 37.7 Å². The van der Waals surface area contributed by atoms with Crippen LogP contribution in [0.4, 0.5) is 5.69 Å². The normalized spacial score (nSPS) is 11.9. The van der Waals surface area contributed by atoms with Crippen molar-refractivity contribution in [2.45, 2.75) is 27.7 Å². The fourth-order valence-electron chi connectivity index (χ4n) is 3.00. The third kappa shape index (κ3) is 3.35. The molecule has 0 aliphatic rings. The average molecular weight is 319 g/mol. The molecule has 3 rings (SSSR count). The van der Waals surface area contributed by atoms with E-state index in [0.717, 1.165) is 35.5 Å². The maximum Gasteiger partial charge on any atom is 0.134 e. The van der Waals surface area contributed by atoms with E-state index in [1.807, 2.05) is 0 Å². The number of allylic oxidation sites excluding steroid dienone is 1. The molecular weight excluding hydrogens is 294 g/mol. The largest absolute Gasteiger partial charge is 0.372 e. The summed E-state index contributed by atoms with van der Waals surface area (Å²) in [4.78, 5) is 10.5. The minimum absolute atomic E-state index is 0.934. The quantitative estimate of drug-likeness (QED) is 0.694. The van der Waals surface area contributed by atoms with Crippen molar-refractivity contribution in [3.8, 4) is 0 Å². The number of fused-ring (bicyclic) bond motifs is 1. The van der Waals surface area contributed by atoms with Crippen molar-refractivity contribution in [2.75, 3.05) is 18.0 Å². The van der Waals surface area contributed by atoms with E-state index in [9.17, 15) is 0 Å². The van der Waals surface area contributed by atoms with Crippen LogP contribution in [0, 0.1) is 6.92 Å². The Kier molecular flexibility index (Phi) is 4.70. The molecule has 24 heavy (non-hydrogen) atoms. The minimum Gasteiger partial charge on any atom is -0.372 e. The molecule has 3 heteroatoms. The van der Waals surface area contributed by atoms with Crippen molar-refractivity contribution in [3.05, 3.63) is 59.4 Å². The predicted octanol–water partition coefficient (Wildman–Crippen LogP) is 5.28. The van der Waals surface area contributed by atoms with Crippen molar-refractivity contribution in [1.82, 2.24) is 9.97 Å². The molecule has 0 amide bonds. The number of hydrogen-bond acceptors (Lipinski definition) is 2. The Morgan fingerprint density at radius 1 is 1.08 bits per heavy atom. The van der Waals surface area contributed by atoms with E-state index in [2.05, 4.69) is 86.1 Å². The zero-order valence-corrected chi connectivity index (χ0v) is 14.9. The Bertz CT molecular complexity index is 852.